The Morgan fingerprint density at radius 2 is 1.93 bits per heavy atom. The summed E-state index contributed by atoms with van der Waals surface area (Å²) in [6.45, 7) is -0.546. The van der Waals surface area contributed by atoms with Gasteiger partial charge in [0, 0.05) is 24.8 Å². The molecule has 11 heteroatoms. The van der Waals surface area contributed by atoms with E-state index in [0.717, 1.165) is 10.4 Å². The number of hydrogen-bond donors (Lipinski definition) is 2. The van der Waals surface area contributed by atoms with Gasteiger partial charge in [0.2, 0.25) is 21.8 Å². The molecule has 2 aromatic carbocycles. The molecule has 0 spiro atoms. The Morgan fingerprint density at radius 1 is 1.21 bits per heavy atom. The number of benzene rings is 2. The molecule has 0 fully saturated rings. The minimum atomic E-state index is -4.28. The Morgan fingerprint density at radius 3 is 2.62 bits per heavy atom. The van der Waals surface area contributed by atoms with Crippen LogP contribution in [0.25, 0.3) is 0 Å². The molecule has 2 amide bonds. The second-order valence-electron chi connectivity index (χ2n) is 6.43. The first-order valence-electron chi connectivity index (χ1n) is 8.41. The quantitative estimate of drug-likeness (QED) is 0.716. The number of anilines is 2. The van der Waals surface area contributed by atoms with Gasteiger partial charge in [0.15, 0.2) is 0 Å². The van der Waals surface area contributed by atoms with Crippen LogP contribution in [0.3, 0.4) is 0 Å². The molecule has 0 bridgehead atoms. The maximum Gasteiger partial charge on any atom is 0.246 e. The van der Waals surface area contributed by atoms with Gasteiger partial charge in [-0.1, -0.05) is 23.2 Å². The average molecular weight is 460 g/mol. The lowest BCUT2D eigenvalue weighted by Gasteiger charge is -2.21. The highest BCUT2D eigenvalue weighted by Crippen LogP contribution is 2.29. The van der Waals surface area contributed by atoms with Crippen LogP contribution in [0.15, 0.2) is 35.2 Å². The summed E-state index contributed by atoms with van der Waals surface area (Å²) in [4.78, 5) is 23.1. The van der Waals surface area contributed by atoms with Crippen molar-refractivity contribution < 1.29 is 22.4 Å². The van der Waals surface area contributed by atoms with Crippen molar-refractivity contribution in [1.82, 2.24) is 4.31 Å². The third-order valence-corrected chi connectivity index (χ3v) is 6.87. The molecule has 1 aliphatic heterocycles. The van der Waals surface area contributed by atoms with E-state index in [-0.39, 0.29) is 23.0 Å². The Balaban J connectivity index is 1.77. The number of likely N-dealkylation sites (N-methyl/N-ethyl adjacent to an activating group) is 1. The van der Waals surface area contributed by atoms with Gasteiger partial charge < -0.3 is 10.6 Å². The number of aryl methyl sites for hydroxylation is 1. The van der Waals surface area contributed by atoms with Gasteiger partial charge in [-0.05, 0) is 42.3 Å². The van der Waals surface area contributed by atoms with Gasteiger partial charge in [-0.15, -0.1) is 0 Å². The van der Waals surface area contributed by atoms with Gasteiger partial charge >= 0.3 is 0 Å². The molecule has 7 nitrogen and oxygen atoms in total. The summed E-state index contributed by atoms with van der Waals surface area (Å²) in [6, 6.07) is 6.59. The summed E-state index contributed by atoms with van der Waals surface area (Å²) >= 11 is 11.7. The van der Waals surface area contributed by atoms with Crippen molar-refractivity contribution in [3.05, 3.63) is 51.8 Å². The second-order valence-corrected chi connectivity index (χ2v) is 9.25. The predicted molar refractivity (Wildman–Crippen MR) is 108 cm³/mol. The normalized spacial score (nSPS) is 13.8. The van der Waals surface area contributed by atoms with Crippen molar-refractivity contribution >= 4 is 56.4 Å². The zero-order chi connectivity index (χ0) is 21.3. The lowest BCUT2D eigenvalue weighted by molar-refractivity contribution is -0.117. The van der Waals surface area contributed by atoms with Gasteiger partial charge in [0.1, 0.15) is 10.7 Å². The molecule has 0 radical (unpaired) electrons. The van der Waals surface area contributed by atoms with Crippen LogP contribution in [0.2, 0.25) is 10.0 Å². The van der Waals surface area contributed by atoms with Crippen molar-refractivity contribution in [2.24, 2.45) is 0 Å². The molecule has 0 unspecified atom stereocenters. The first-order chi connectivity index (χ1) is 13.6. The number of fused-ring (bicyclic) bond motifs is 1. The highest BCUT2D eigenvalue weighted by Gasteiger charge is 2.29. The Kier molecular flexibility index (Phi) is 6.13. The second kappa shape index (κ2) is 8.27. The van der Waals surface area contributed by atoms with Crippen molar-refractivity contribution in [3.63, 3.8) is 0 Å². The minimum Gasteiger partial charge on any atom is -0.326 e. The van der Waals surface area contributed by atoms with Gasteiger partial charge in [-0.2, -0.15) is 4.31 Å². The fourth-order valence-corrected chi connectivity index (χ4v) is 4.32. The fourth-order valence-electron chi connectivity index (χ4n) is 2.81. The molecule has 0 saturated heterocycles. The van der Waals surface area contributed by atoms with Crippen LogP contribution in [-0.4, -0.2) is 38.1 Å². The number of sulfonamides is 1. The number of halogens is 3. The molecule has 3 rings (SSSR count). The van der Waals surface area contributed by atoms with Crippen LogP contribution in [0.5, 0.6) is 0 Å². The molecule has 0 saturated carbocycles. The summed E-state index contributed by atoms with van der Waals surface area (Å²) in [5.41, 5.74) is 1.10. The fraction of sp³-hybridized carbons (Fsp3) is 0.222. The zero-order valence-electron chi connectivity index (χ0n) is 15.1. The summed E-state index contributed by atoms with van der Waals surface area (Å²) in [7, 11) is -3.11. The van der Waals surface area contributed by atoms with Crippen LogP contribution in [0.4, 0.5) is 15.8 Å². The molecule has 1 heterocycles. The number of carbonyl (C=O) groups excluding carboxylic acids is 2. The first-order valence-corrected chi connectivity index (χ1v) is 10.6. The number of rotatable bonds is 5. The molecule has 2 aromatic rings. The van der Waals surface area contributed by atoms with Crippen LogP contribution >= 0.6 is 23.2 Å². The number of amides is 2. The van der Waals surface area contributed by atoms with Crippen molar-refractivity contribution in [2.45, 2.75) is 17.7 Å². The van der Waals surface area contributed by atoms with E-state index >= 15 is 0 Å². The topological polar surface area (TPSA) is 95.6 Å². The number of nitrogens with one attached hydrogen (secondary N) is 2. The van der Waals surface area contributed by atoms with Gasteiger partial charge in [-0.3, -0.25) is 9.59 Å². The Labute approximate surface area is 176 Å². The Hall–Kier alpha value is -2.20. The SMILES string of the molecule is CN(CC(=O)Nc1ccc(Cl)c(Cl)c1)S(=O)(=O)c1cc2c(cc1F)NC(=O)CC2. The van der Waals surface area contributed by atoms with E-state index < -0.39 is 33.2 Å². The van der Waals surface area contributed by atoms with Crippen molar-refractivity contribution in [2.75, 3.05) is 24.2 Å². The third-order valence-electron chi connectivity index (χ3n) is 4.31. The largest absolute Gasteiger partial charge is 0.326 e. The average Bonchev–Trinajstić information content (AvgIpc) is 2.63. The third kappa shape index (κ3) is 4.69. The van der Waals surface area contributed by atoms with Crippen LogP contribution in [0.1, 0.15) is 12.0 Å². The van der Waals surface area contributed by atoms with Crippen LogP contribution in [0, 0.1) is 5.82 Å². The highest BCUT2D eigenvalue weighted by molar-refractivity contribution is 7.89. The number of nitrogens with zero attached hydrogens (tertiary/aromatic N) is 1. The Bertz CT molecular complexity index is 1110. The molecule has 0 aliphatic carbocycles. The van der Waals surface area contributed by atoms with Crippen LogP contribution < -0.4 is 10.6 Å². The van der Waals surface area contributed by atoms with Gasteiger partial charge in [0.05, 0.1) is 16.6 Å². The van der Waals surface area contributed by atoms with E-state index in [0.29, 0.717) is 22.7 Å². The van der Waals surface area contributed by atoms with Crippen molar-refractivity contribution in [1.29, 1.82) is 0 Å². The summed E-state index contributed by atoms with van der Waals surface area (Å²) in [5, 5.41) is 5.55. The smallest absolute Gasteiger partial charge is 0.246 e. The minimum absolute atomic E-state index is 0.181. The maximum atomic E-state index is 14.4. The lowest BCUT2D eigenvalue weighted by Crippen LogP contribution is -2.35. The lowest BCUT2D eigenvalue weighted by atomic mass is 10.0. The van der Waals surface area contributed by atoms with E-state index in [1.165, 1.54) is 31.3 Å². The standard InChI is InChI=1S/C18H16Cl2FN3O4S/c1-24(9-18(26)22-11-3-4-12(19)13(20)7-11)29(27,28)16-6-10-2-5-17(25)23-15(10)8-14(16)21/h3-4,6-8H,2,5,9H2,1H3,(H,22,26)(H,23,25). The van der Waals surface area contributed by atoms with E-state index in [1.807, 2.05) is 0 Å². The molecule has 29 heavy (non-hydrogen) atoms. The van der Waals surface area contributed by atoms with Crippen LogP contribution in [-0.2, 0) is 26.0 Å². The predicted octanol–water partition coefficient (Wildman–Crippen LogP) is 3.28. The molecule has 2 N–H and O–H groups in total. The van der Waals surface area contributed by atoms with E-state index in [1.54, 1.807) is 0 Å². The van der Waals surface area contributed by atoms with E-state index in [9.17, 15) is 22.4 Å². The first kappa shape index (κ1) is 21.5. The number of carbonyl (C=O) groups is 2. The number of hydrogen-bond acceptors (Lipinski definition) is 4. The van der Waals surface area contributed by atoms with Gasteiger partial charge in [0.25, 0.3) is 0 Å². The summed E-state index contributed by atoms with van der Waals surface area (Å²) < 4.78 is 40.7. The monoisotopic (exact) mass is 459 g/mol. The van der Waals surface area contributed by atoms with Gasteiger partial charge in [-0.25, -0.2) is 12.8 Å². The molecule has 0 atom stereocenters. The molecule has 0 aromatic heterocycles. The molecular weight excluding hydrogens is 444 g/mol. The molecule has 1 aliphatic rings. The van der Waals surface area contributed by atoms with E-state index in [4.69, 9.17) is 23.2 Å². The summed E-state index contributed by atoms with van der Waals surface area (Å²) in [5.74, 6) is -1.91. The van der Waals surface area contributed by atoms with E-state index in [2.05, 4.69) is 10.6 Å². The highest BCUT2D eigenvalue weighted by atomic mass is 35.5. The summed E-state index contributed by atoms with van der Waals surface area (Å²) in [6.07, 6.45) is 0.478. The molecule has 154 valence electrons. The zero-order valence-corrected chi connectivity index (χ0v) is 17.5. The van der Waals surface area contributed by atoms with Crippen molar-refractivity contribution in [3.8, 4) is 0 Å². The maximum absolute atomic E-state index is 14.4. The molecular formula is C18H16Cl2FN3O4S.